The largest absolute Gasteiger partial charge is 0.483 e. The minimum Gasteiger partial charge on any atom is -0.483 e. The first-order valence-electron chi connectivity index (χ1n) is 10.1. The number of likely N-dealkylation sites (N-methyl/N-ethyl adjacent to an activating group) is 1. The number of rotatable bonds is 4. The number of benzene rings is 1. The fourth-order valence-corrected chi connectivity index (χ4v) is 4.32. The summed E-state index contributed by atoms with van der Waals surface area (Å²) in [6, 6.07) is 6.00. The molecular formula is C21H29N5O2. The third-order valence-corrected chi connectivity index (χ3v) is 5.87. The highest BCUT2D eigenvalue weighted by Gasteiger charge is 2.29. The number of hydrogen-bond donors (Lipinski definition) is 0. The van der Waals surface area contributed by atoms with Gasteiger partial charge in [-0.1, -0.05) is 18.2 Å². The number of amides is 1. The van der Waals surface area contributed by atoms with Crippen LogP contribution in [0.1, 0.15) is 41.5 Å². The van der Waals surface area contributed by atoms with Gasteiger partial charge in [0.2, 0.25) is 0 Å². The van der Waals surface area contributed by atoms with Crippen LogP contribution in [0.4, 0.5) is 0 Å². The normalized spacial score (nSPS) is 20.1. The van der Waals surface area contributed by atoms with Crippen LogP contribution < -0.4 is 4.74 Å². The molecule has 2 aliphatic heterocycles. The van der Waals surface area contributed by atoms with Gasteiger partial charge in [-0.05, 0) is 51.4 Å². The van der Waals surface area contributed by atoms with Gasteiger partial charge in [0.25, 0.3) is 5.91 Å². The average Bonchev–Trinajstić information content (AvgIpc) is 3.10. The molecule has 0 N–H and O–H groups in total. The van der Waals surface area contributed by atoms with Gasteiger partial charge in [0.1, 0.15) is 11.6 Å². The molecule has 28 heavy (non-hydrogen) atoms. The van der Waals surface area contributed by atoms with Crippen molar-refractivity contribution in [2.45, 2.75) is 45.7 Å². The predicted octanol–water partition coefficient (Wildman–Crippen LogP) is 2.13. The molecule has 0 spiro atoms. The van der Waals surface area contributed by atoms with E-state index in [1.54, 1.807) is 0 Å². The Labute approximate surface area is 166 Å². The van der Waals surface area contributed by atoms with E-state index in [0.717, 1.165) is 54.6 Å². The SMILES string of the molecule is Cc1cccc(C)c1OCC(=O)N1CCn2c(nnc2[C@@H]2CCCN(C)C2)C1. The maximum atomic E-state index is 12.7. The van der Waals surface area contributed by atoms with E-state index in [2.05, 4.69) is 26.7 Å². The third kappa shape index (κ3) is 3.76. The summed E-state index contributed by atoms with van der Waals surface area (Å²) in [5, 5.41) is 8.88. The standard InChI is InChI=1S/C21H29N5O2/c1-15-6-4-7-16(2)20(15)28-14-19(27)25-10-11-26-18(13-25)22-23-21(26)17-8-5-9-24(3)12-17/h4,6-7,17H,5,8-14H2,1-3H3/t17-/m1/s1. The van der Waals surface area contributed by atoms with E-state index in [9.17, 15) is 4.79 Å². The van der Waals surface area contributed by atoms with Crippen LogP contribution >= 0.6 is 0 Å². The fourth-order valence-electron chi connectivity index (χ4n) is 4.32. The van der Waals surface area contributed by atoms with Gasteiger partial charge in [0, 0.05) is 25.6 Å². The molecule has 2 aromatic rings. The second-order valence-corrected chi connectivity index (χ2v) is 8.05. The van der Waals surface area contributed by atoms with Gasteiger partial charge >= 0.3 is 0 Å². The van der Waals surface area contributed by atoms with Crippen LogP contribution in [0.5, 0.6) is 5.75 Å². The zero-order chi connectivity index (χ0) is 19.7. The zero-order valence-electron chi connectivity index (χ0n) is 17.0. The second-order valence-electron chi connectivity index (χ2n) is 8.05. The Bertz CT molecular complexity index is 842. The lowest BCUT2D eigenvalue weighted by atomic mass is 9.97. The molecule has 7 heteroatoms. The molecule has 0 saturated carbocycles. The van der Waals surface area contributed by atoms with E-state index in [-0.39, 0.29) is 12.5 Å². The summed E-state index contributed by atoms with van der Waals surface area (Å²) in [4.78, 5) is 16.9. The van der Waals surface area contributed by atoms with Crippen molar-refractivity contribution in [2.24, 2.45) is 0 Å². The van der Waals surface area contributed by atoms with Gasteiger partial charge in [0.05, 0.1) is 6.54 Å². The van der Waals surface area contributed by atoms with Crippen molar-refractivity contribution in [1.29, 1.82) is 0 Å². The van der Waals surface area contributed by atoms with Crippen LogP contribution in [0.25, 0.3) is 0 Å². The van der Waals surface area contributed by atoms with Gasteiger partial charge in [-0.15, -0.1) is 10.2 Å². The summed E-state index contributed by atoms with van der Waals surface area (Å²) in [7, 11) is 2.16. The first-order chi connectivity index (χ1) is 13.5. The van der Waals surface area contributed by atoms with Gasteiger partial charge in [0.15, 0.2) is 12.4 Å². The van der Waals surface area contributed by atoms with Crippen LogP contribution in [-0.2, 0) is 17.9 Å². The van der Waals surface area contributed by atoms with Crippen molar-refractivity contribution >= 4 is 5.91 Å². The summed E-state index contributed by atoms with van der Waals surface area (Å²) in [6.45, 7) is 8.18. The molecule has 1 amide bonds. The van der Waals surface area contributed by atoms with Crippen molar-refractivity contribution in [3.8, 4) is 5.75 Å². The number of aromatic nitrogens is 3. The smallest absolute Gasteiger partial charge is 0.260 e. The minimum absolute atomic E-state index is 0.00384. The highest BCUT2D eigenvalue weighted by molar-refractivity contribution is 5.78. The zero-order valence-corrected chi connectivity index (χ0v) is 17.0. The van der Waals surface area contributed by atoms with Crippen LogP contribution in [-0.4, -0.2) is 63.8 Å². The highest BCUT2D eigenvalue weighted by Crippen LogP contribution is 2.27. The van der Waals surface area contributed by atoms with Crippen molar-refractivity contribution < 1.29 is 9.53 Å². The molecule has 4 rings (SSSR count). The van der Waals surface area contributed by atoms with Crippen LogP contribution in [0.2, 0.25) is 0 Å². The van der Waals surface area contributed by atoms with Crippen LogP contribution in [0, 0.1) is 13.8 Å². The lowest BCUT2D eigenvalue weighted by Gasteiger charge is -2.32. The number of fused-ring (bicyclic) bond motifs is 1. The molecule has 0 unspecified atom stereocenters. The molecule has 150 valence electrons. The third-order valence-electron chi connectivity index (χ3n) is 5.87. The lowest BCUT2D eigenvalue weighted by molar-refractivity contribution is -0.134. The fraction of sp³-hybridized carbons (Fsp3) is 0.571. The molecule has 1 atom stereocenters. The minimum atomic E-state index is -0.00384. The molecule has 1 aromatic carbocycles. The number of piperidine rings is 1. The summed E-state index contributed by atoms with van der Waals surface area (Å²) in [5.41, 5.74) is 2.10. The number of likely N-dealkylation sites (tertiary alicyclic amines) is 1. The number of ether oxygens (including phenoxy) is 1. The number of para-hydroxylation sites is 1. The van der Waals surface area contributed by atoms with E-state index in [4.69, 9.17) is 4.74 Å². The van der Waals surface area contributed by atoms with Crippen molar-refractivity contribution in [1.82, 2.24) is 24.6 Å². The topological polar surface area (TPSA) is 63.5 Å². The first kappa shape index (κ1) is 18.9. The highest BCUT2D eigenvalue weighted by atomic mass is 16.5. The van der Waals surface area contributed by atoms with Gasteiger partial charge in [-0.3, -0.25) is 4.79 Å². The monoisotopic (exact) mass is 383 g/mol. The number of carbonyl (C=O) groups excluding carboxylic acids is 1. The Balaban J connectivity index is 1.39. The van der Waals surface area contributed by atoms with Gasteiger partial charge in [-0.2, -0.15) is 0 Å². The van der Waals surface area contributed by atoms with Crippen LogP contribution in [0.3, 0.4) is 0 Å². The first-order valence-corrected chi connectivity index (χ1v) is 10.1. The van der Waals surface area contributed by atoms with E-state index in [0.29, 0.717) is 19.0 Å². The molecule has 1 aromatic heterocycles. The molecule has 1 saturated heterocycles. The molecule has 7 nitrogen and oxygen atoms in total. The quantitative estimate of drug-likeness (QED) is 0.809. The Morgan fingerprint density at radius 3 is 2.71 bits per heavy atom. The maximum Gasteiger partial charge on any atom is 0.260 e. The number of hydrogen-bond acceptors (Lipinski definition) is 5. The molecule has 2 aliphatic rings. The molecule has 3 heterocycles. The summed E-state index contributed by atoms with van der Waals surface area (Å²) in [6.07, 6.45) is 2.36. The molecular weight excluding hydrogens is 354 g/mol. The van der Waals surface area contributed by atoms with E-state index >= 15 is 0 Å². The Hall–Kier alpha value is -2.41. The summed E-state index contributed by atoms with van der Waals surface area (Å²) < 4.78 is 8.07. The molecule has 0 radical (unpaired) electrons. The van der Waals surface area contributed by atoms with Crippen molar-refractivity contribution in [3.05, 3.63) is 41.0 Å². The lowest BCUT2D eigenvalue weighted by Crippen LogP contribution is -2.41. The van der Waals surface area contributed by atoms with Gasteiger partial charge in [-0.25, -0.2) is 0 Å². The van der Waals surface area contributed by atoms with Crippen molar-refractivity contribution in [2.75, 3.05) is 33.3 Å². The summed E-state index contributed by atoms with van der Waals surface area (Å²) in [5.74, 6) is 3.21. The van der Waals surface area contributed by atoms with E-state index in [1.165, 1.54) is 6.42 Å². The molecule has 1 fully saturated rings. The number of carbonyl (C=O) groups is 1. The Morgan fingerprint density at radius 1 is 1.18 bits per heavy atom. The molecule has 0 aliphatic carbocycles. The van der Waals surface area contributed by atoms with E-state index < -0.39 is 0 Å². The van der Waals surface area contributed by atoms with Crippen LogP contribution in [0.15, 0.2) is 18.2 Å². The van der Waals surface area contributed by atoms with Crippen molar-refractivity contribution in [3.63, 3.8) is 0 Å². The molecule has 0 bridgehead atoms. The predicted molar refractivity (Wildman–Crippen MR) is 106 cm³/mol. The maximum absolute atomic E-state index is 12.7. The Kier molecular flexibility index (Phi) is 5.35. The number of aryl methyl sites for hydroxylation is 2. The number of nitrogens with zero attached hydrogens (tertiary/aromatic N) is 5. The van der Waals surface area contributed by atoms with Gasteiger partial charge < -0.3 is 19.1 Å². The summed E-state index contributed by atoms with van der Waals surface area (Å²) >= 11 is 0. The van der Waals surface area contributed by atoms with E-state index in [1.807, 2.05) is 36.9 Å². The average molecular weight is 383 g/mol. The Morgan fingerprint density at radius 2 is 1.96 bits per heavy atom. The second kappa shape index (κ2) is 7.91.